The fourth-order valence-corrected chi connectivity index (χ4v) is 3.64. The van der Waals surface area contributed by atoms with Gasteiger partial charge in [0.25, 0.3) is 0 Å². The van der Waals surface area contributed by atoms with Gasteiger partial charge in [-0.25, -0.2) is 0 Å². The summed E-state index contributed by atoms with van der Waals surface area (Å²) in [5, 5.41) is 0.259. The third-order valence-corrected chi connectivity index (χ3v) is 8.53. The molecule has 0 saturated heterocycles. The standard InChI is InChI=1S/C11H25NOSeSi/c1-8-12(9-2)10(14)13-15(6,7)11(3,4)5/h8-9H2,1-7H3. The summed E-state index contributed by atoms with van der Waals surface area (Å²) in [7, 11) is -1.67. The van der Waals surface area contributed by atoms with E-state index in [-0.39, 0.29) is 5.04 Å². The van der Waals surface area contributed by atoms with Crippen LogP contribution in [0.1, 0.15) is 34.6 Å². The van der Waals surface area contributed by atoms with E-state index in [9.17, 15) is 0 Å². The maximum atomic E-state index is 6.17. The first-order valence-corrected chi connectivity index (χ1v) is 9.40. The van der Waals surface area contributed by atoms with E-state index in [1.165, 1.54) is 0 Å². The van der Waals surface area contributed by atoms with Gasteiger partial charge in [0.15, 0.2) is 0 Å². The number of hydrogen-bond acceptors (Lipinski definition) is 2. The molecule has 2 nitrogen and oxygen atoms in total. The van der Waals surface area contributed by atoms with Crippen molar-refractivity contribution < 1.29 is 4.43 Å². The molecule has 0 aromatic heterocycles. The van der Waals surface area contributed by atoms with Gasteiger partial charge in [-0.3, -0.25) is 0 Å². The maximum absolute atomic E-state index is 6.17. The first-order chi connectivity index (χ1) is 6.65. The van der Waals surface area contributed by atoms with Gasteiger partial charge in [-0.15, -0.1) is 0 Å². The first kappa shape index (κ1) is 15.2. The molecule has 0 amide bonds. The average molecular weight is 294 g/mol. The van der Waals surface area contributed by atoms with Gasteiger partial charge in [-0.05, 0) is 0 Å². The van der Waals surface area contributed by atoms with Gasteiger partial charge in [0.1, 0.15) is 0 Å². The Morgan fingerprint density at radius 1 is 1.20 bits per heavy atom. The van der Waals surface area contributed by atoms with Crippen LogP contribution in [0.25, 0.3) is 0 Å². The monoisotopic (exact) mass is 295 g/mol. The molecule has 4 heteroatoms. The summed E-state index contributed by atoms with van der Waals surface area (Å²) in [5.74, 6) is 0. The Labute approximate surface area is 104 Å². The van der Waals surface area contributed by atoms with E-state index < -0.39 is 8.32 Å². The minimum atomic E-state index is -1.67. The minimum absolute atomic E-state index is 0.259. The molecule has 0 aromatic rings. The second-order valence-corrected chi connectivity index (χ2v) is 10.8. The van der Waals surface area contributed by atoms with Crippen LogP contribution >= 0.6 is 0 Å². The van der Waals surface area contributed by atoms with Crippen LogP contribution in [0.3, 0.4) is 0 Å². The number of hydrogen-bond donors (Lipinski definition) is 0. The van der Waals surface area contributed by atoms with Crippen molar-refractivity contribution in [1.82, 2.24) is 4.90 Å². The van der Waals surface area contributed by atoms with E-state index in [0.29, 0.717) is 0 Å². The van der Waals surface area contributed by atoms with Gasteiger partial charge in [-0.1, -0.05) is 0 Å². The molecule has 0 aromatic carbocycles. The zero-order valence-electron chi connectivity index (χ0n) is 11.2. The molecule has 0 rings (SSSR count). The third-order valence-electron chi connectivity index (χ3n) is 3.17. The number of rotatable bonds is 5. The Balaban J connectivity index is 4.53. The molecule has 90 valence electrons. The second kappa shape index (κ2) is 5.51. The summed E-state index contributed by atoms with van der Waals surface area (Å²) >= 11 is 3.06. The zero-order chi connectivity index (χ0) is 12.3. The normalized spacial score (nSPS) is 12.5. The van der Waals surface area contributed by atoms with Gasteiger partial charge in [0, 0.05) is 0 Å². The van der Waals surface area contributed by atoms with Gasteiger partial charge in [0.05, 0.1) is 0 Å². The Morgan fingerprint density at radius 3 is 1.87 bits per heavy atom. The molecule has 15 heavy (non-hydrogen) atoms. The van der Waals surface area contributed by atoms with Gasteiger partial charge in [0.2, 0.25) is 0 Å². The Bertz CT molecular complexity index is 219. The molecule has 0 heterocycles. The van der Waals surface area contributed by atoms with Crippen molar-refractivity contribution in [3.05, 3.63) is 0 Å². The van der Waals surface area contributed by atoms with Crippen LogP contribution < -0.4 is 0 Å². The Morgan fingerprint density at radius 2 is 1.60 bits per heavy atom. The topological polar surface area (TPSA) is 12.5 Å². The molecule has 0 aliphatic heterocycles. The molecule has 0 fully saturated rings. The van der Waals surface area contributed by atoms with Gasteiger partial charge >= 0.3 is 104 Å². The molecule has 0 unspecified atom stereocenters. The molecular formula is C11H25NOSeSi. The fraction of sp³-hybridized carbons (Fsp3) is 0.909. The van der Waals surface area contributed by atoms with Crippen LogP contribution in [0.2, 0.25) is 18.1 Å². The van der Waals surface area contributed by atoms with Crippen molar-refractivity contribution >= 4 is 28.6 Å². The van der Waals surface area contributed by atoms with Crippen molar-refractivity contribution in [3.63, 3.8) is 0 Å². The van der Waals surface area contributed by atoms with E-state index >= 15 is 0 Å². The molecule has 0 aliphatic rings. The molecule has 0 spiro atoms. The quantitative estimate of drug-likeness (QED) is 0.723. The van der Waals surface area contributed by atoms with E-state index in [1.807, 2.05) is 0 Å². The molecule has 0 radical (unpaired) electrons. The molecule has 0 saturated carbocycles. The summed E-state index contributed by atoms with van der Waals surface area (Å²) in [6.45, 7) is 17.6. The van der Waals surface area contributed by atoms with E-state index in [1.54, 1.807) is 0 Å². The average Bonchev–Trinajstić information content (AvgIpc) is 2.03. The summed E-state index contributed by atoms with van der Waals surface area (Å²) in [6, 6.07) is 0. The second-order valence-electron chi connectivity index (χ2n) is 5.30. The van der Waals surface area contributed by atoms with Crippen molar-refractivity contribution in [2.24, 2.45) is 0 Å². The van der Waals surface area contributed by atoms with Crippen molar-refractivity contribution in [1.29, 1.82) is 0 Å². The van der Waals surface area contributed by atoms with Gasteiger partial charge in [-0.2, -0.15) is 0 Å². The van der Waals surface area contributed by atoms with Crippen molar-refractivity contribution in [2.75, 3.05) is 13.1 Å². The molecule has 0 N–H and O–H groups in total. The molecule has 0 aliphatic carbocycles. The summed E-state index contributed by atoms with van der Waals surface area (Å²) in [6.07, 6.45) is 0. The van der Waals surface area contributed by atoms with Crippen LogP contribution in [0.5, 0.6) is 0 Å². The van der Waals surface area contributed by atoms with E-state index in [4.69, 9.17) is 4.43 Å². The fourth-order valence-electron chi connectivity index (χ4n) is 0.918. The van der Waals surface area contributed by atoms with Crippen LogP contribution in [0.15, 0.2) is 0 Å². The summed E-state index contributed by atoms with van der Waals surface area (Å²) in [5.41, 5.74) is 0. The zero-order valence-corrected chi connectivity index (χ0v) is 13.9. The van der Waals surface area contributed by atoms with Gasteiger partial charge < -0.3 is 0 Å². The Hall–Kier alpha value is 0.206. The van der Waals surface area contributed by atoms with Crippen LogP contribution in [0, 0.1) is 0 Å². The van der Waals surface area contributed by atoms with Crippen molar-refractivity contribution in [2.45, 2.75) is 52.8 Å². The summed E-state index contributed by atoms with van der Waals surface area (Å²) < 4.78 is 7.14. The predicted molar refractivity (Wildman–Crippen MR) is 72.0 cm³/mol. The van der Waals surface area contributed by atoms with E-state index in [2.05, 4.69) is 68.2 Å². The molecular weight excluding hydrogens is 269 g/mol. The first-order valence-electron chi connectivity index (χ1n) is 5.63. The number of nitrogens with zero attached hydrogens (tertiary/aromatic N) is 1. The molecule has 0 bridgehead atoms. The third kappa shape index (κ3) is 4.29. The predicted octanol–water partition coefficient (Wildman–Crippen LogP) is 2.61. The van der Waals surface area contributed by atoms with Crippen molar-refractivity contribution in [3.8, 4) is 0 Å². The van der Waals surface area contributed by atoms with Crippen LogP contribution in [-0.2, 0) is 4.43 Å². The van der Waals surface area contributed by atoms with E-state index in [0.717, 1.165) is 17.8 Å². The summed E-state index contributed by atoms with van der Waals surface area (Å²) in [4.78, 5) is 2.22. The van der Waals surface area contributed by atoms with Crippen LogP contribution in [0.4, 0.5) is 0 Å². The Kier molecular flexibility index (Phi) is 5.59. The molecule has 0 atom stereocenters. The van der Waals surface area contributed by atoms with Crippen LogP contribution in [-0.4, -0.2) is 46.6 Å². The SMILES string of the molecule is CCN(CC)C(=[Se])O[Si](C)(C)C(C)(C)C.